The zero-order valence-corrected chi connectivity index (χ0v) is 17.1. The van der Waals surface area contributed by atoms with Gasteiger partial charge in [-0.2, -0.15) is 0 Å². The second kappa shape index (κ2) is 9.80. The largest absolute Gasteiger partial charge is 0.369 e. The molecule has 0 saturated carbocycles. The van der Waals surface area contributed by atoms with Crippen LogP contribution in [0.4, 0.5) is 11.6 Å². The van der Waals surface area contributed by atoms with Gasteiger partial charge < -0.3 is 16.0 Å². The van der Waals surface area contributed by atoms with Crippen LogP contribution < -0.4 is 16.0 Å². The molecule has 3 N–H and O–H groups in total. The van der Waals surface area contributed by atoms with Crippen LogP contribution in [0.3, 0.4) is 0 Å². The van der Waals surface area contributed by atoms with Crippen LogP contribution in [0, 0.1) is 11.8 Å². The van der Waals surface area contributed by atoms with E-state index in [9.17, 15) is 4.79 Å². The molecule has 1 aliphatic rings. The average Bonchev–Trinajstić information content (AvgIpc) is 2.70. The molecule has 1 atom stereocenters. The molecule has 28 heavy (non-hydrogen) atoms. The Kier molecular flexibility index (Phi) is 7.17. The number of amides is 1. The molecule has 8 heteroatoms. The number of nitrogens with one attached hydrogen (secondary N) is 3. The Morgan fingerprint density at radius 2 is 2.18 bits per heavy atom. The Balaban J connectivity index is 1.73. The number of rotatable bonds is 7. The van der Waals surface area contributed by atoms with Crippen molar-refractivity contribution in [2.45, 2.75) is 33.1 Å². The summed E-state index contributed by atoms with van der Waals surface area (Å²) in [6.07, 6.45) is 7.82. The molecular weight excluding hydrogens is 376 g/mol. The normalized spacial score (nSPS) is 16.8. The van der Waals surface area contributed by atoms with Gasteiger partial charge in [0.1, 0.15) is 11.6 Å². The van der Waals surface area contributed by atoms with Crippen molar-refractivity contribution in [2.75, 3.05) is 30.3 Å². The number of carbonyl (C=O) groups excluding carboxylic acids is 1. The van der Waals surface area contributed by atoms with Crippen LogP contribution >= 0.6 is 11.6 Å². The standard InChI is InChI=1S/C20H27ClN6O/c1-13(2)5-7-24-19-12-23-11-17(26-19)15-8-18(25-10-16(15)21)27-20(28)14-4-3-6-22-9-14/h8,10-14,22H,3-7,9H2,1-2H3,(H,24,26)(H,25,27,28)/t14-/m1/s1. The quantitative estimate of drug-likeness (QED) is 0.655. The van der Waals surface area contributed by atoms with Gasteiger partial charge in [0.25, 0.3) is 0 Å². The summed E-state index contributed by atoms with van der Waals surface area (Å²) >= 11 is 6.34. The van der Waals surface area contributed by atoms with Gasteiger partial charge in [0.2, 0.25) is 5.91 Å². The van der Waals surface area contributed by atoms with E-state index in [-0.39, 0.29) is 11.8 Å². The summed E-state index contributed by atoms with van der Waals surface area (Å²) in [7, 11) is 0. The summed E-state index contributed by atoms with van der Waals surface area (Å²) < 4.78 is 0. The van der Waals surface area contributed by atoms with Crippen LogP contribution in [-0.2, 0) is 4.79 Å². The number of pyridine rings is 1. The minimum atomic E-state index is -0.0389. The lowest BCUT2D eigenvalue weighted by Gasteiger charge is -2.21. The van der Waals surface area contributed by atoms with Gasteiger partial charge in [0, 0.05) is 24.8 Å². The van der Waals surface area contributed by atoms with Crippen LogP contribution in [0.1, 0.15) is 33.1 Å². The number of carbonyl (C=O) groups is 1. The van der Waals surface area contributed by atoms with Crippen molar-refractivity contribution in [2.24, 2.45) is 11.8 Å². The highest BCUT2D eigenvalue weighted by Crippen LogP contribution is 2.28. The SMILES string of the molecule is CC(C)CCNc1cncc(-c2cc(NC(=O)[C@@H]3CCCNC3)ncc2Cl)n1. The maximum atomic E-state index is 12.5. The molecule has 0 bridgehead atoms. The highest BCUT2D eigenvalue weighted by atomic mass is 35.5. The Morgan fingerprint density at radius 1 is 1.32 bits per heavy atom. The Hall–Kier alpha value is -2.25. The molecule has 150 valence electrons. The zero-order chi connectivity index (χ0) is 19.9. The van der Waals surface area contributed by atoms with Gasteiger partial charge in [-0.1, -0.05) is 25.4 Å². The third kappa shape index (κ3) is 5.62. The summed E-state index contributed by atoms with van der Waals surface area (Å²) in [5.74, 6) is 1.72. The molecule has 0 aliphatic carbocycles. The molecule has 1 amide bonds. The fourth-order valence-corrected chi connectivity index (χ4v) is 3.28. The van der Waals surface area contributed by atoms with Gasteiger partial charge in [-0.25, -0.2) is 9.97 Å². The minimum Gasteiger partial charge on any atom is -0.369 e. The predicted molar refractivity (Wildman–Crippen MR) is 112 cm³/mol. The van der Waals surface area contributed by atoms with Gasteiger partial charge >= 0.3 is 0 Å². The van der Waals surface area contributed by atoms with Gasteiger partial charge in [-0.3, -0.25) is 9.78 Å². The molecule has 0 spiro atoms. The molecule has 0 unspecified atom stereocenters. The molecule has 2 aromatic rings. The monoisotopic (exact) mass is 402 g/mol. The number of halogens is 1. The molecule has 0 radical (unpaired) electrons. The molecule has 3 rings (SSSR count). The van der Waals surface area contributed by atoms with Crippen LogP contribution in [0.25, 0.3) is 11.3 Å². The maximum absolute atomic E-state index is 12.5. The van der Waals surface area contributed by atoms with Gasteiger partial charge in [-0.05, 0) is 37.8 Å². The molecule has 7 nitrogen and oxygen atoms in total. The van der Waals surface area contributed by atoms with Crippen LogP contribution in [-0.4, -0.2) is 40.5 Å². The molecule has 2 aromatic heterocycles. The lowest BCUT2D eigenvalue weighted by atomic mass is 9.99. The van der Waals surface area contributed by atoms with Crippen molar-refractivity contribution in [1.29, 1.82) is 0 Å². The first kappa shape index (κ1) is 20.5. The lowest BCUT2D eigenvalue weighted by molar-refractivity contribution is -0.120. The third-order valence-electron chi connectivity index (χ3n) is 4.71. The van der Waals surface area contributed by atoms with E-state index < -0.39 is 0 Å². The number of nitrogens with zero attached hydrogens (tertiary/aromatic N) is 3. The highest BCUT2D eigenvalue weighted by Gasteiger charge is 2.21. The molecule has 0 aromatic carbocycles. The molecule has 3 heterocycles. The van der Waals surface area contributed by atoms with E-state index in [1.807, 2.05) is 0 Å². The minimum absolute atomic E-state index is 0.0249. The van der Waals surface area contributed by atoms with E-state index in [4.69, 9.17) is 11.6 Å². The predicted octanol–water partition coefficient (Wildman–Crippen LogP) is 3.59. The summed E-state index contributed by atoms with van der Waals surface area (Å²) in [6, 6.07) is 1.75. The first-order chi connectivity index (χ1) is 13.5. The van der Waals surface area contributed by atoms with Gasteiger partial charge in [0.05, 0.1) is 29.0 Å². The van der Waals surface area contributed by atoms with Crippen molar-refractivity contribution in [3.8, 4) is 11.3 Å². The Bertz CT molecular complexity index is 807. The second-order valence-electron chi connectivity index (χ2n) is 7.48. The van der Waals surface area contributed by atoms with Crippen molar-refractivity contribution < 1.29 is 4.79 Å². The average molecular weight is 403 g/mol. The van der Waals surface area contributed by atoms with Crippen LogP contribution in [0.5, 0.6) is 0 Å². The van der Waals surface area contributed by atoms with Crippen molar-refractivity contribution in [3.05, 3.63) is 29.7 Å². The first-order valence-electron chi connectivity index (χ1n) is 9.76. The van der Waals surface area contributed by atoms with E-state index in [0.717, 1.165) is 32.4 Å². The van der Waals surface area contributed by atoms with Crippen molar-refractivity contribution in [1.82, 2.24) is 20.3 Å². The number of piperidine rings is 1. The number of anilines is 2. The molecule has 1 fully saturated rings. The fourth-order valence-electron chi connectivity index (χ4n) is 3.08. The number of hydrogen-bond donors (Lipinski definition) is 3. The molecule has 1 aliphatic heterocycles. The number of aromatic nitrogens is 3. The highest BCUT2D eigenvalue weighted by molar-refractivity contribution is 6.33. The summed E-state index contributed by atoms with van der Waals surface area (Å²) in [5, 5.41) is 9.90. The molecule has 1 saturated heterocycles. The Labute approximate surface area is 170 Å². The van der Waals surface area contributed by atoms with E-state index >= 15 is 0 Å². The van der Waals surface area contributed by atoms with E-state index in [2.05, 4.69) is 44.7 Å². The molecular formula is C20H27ClN6O. The van der Waals surface area contributed by atoms with Crippen LogP contribution in [0.2, 0.25) is 5.02 Å². The Morgan fingerprint density at radius 3 is 2.93 bits per heavy atom. The third-order valence-corrected chi connectivity index (χ3v) is 5.01. The summed E-state index contributed by atoms with van der Waals surface area (Å²) in [6.45, 7) is 6.85. The van der Waals surface area contributed by atoms with E-state index in [1.165, 1.54) is 6.20 Å². The van der Waals surface area contributed by atoms with E-state index in [0.29, 0.717) is 40.4 Å². The fraction of sp³-hybridized carbons (Fsp3) is 0.500. The maximum Gasteiger partial charge on any atom is 0.229 e. The second-order valence-corrected chi connectivity index (χ2v) is 7.89. The van der Waals surface area contributed by atoms with Gasteiger partial charge in [-0.15, -0.1) is 0 Å². The first-order valence-corrected chi connectivity index (χ1v) is 10.1. The zero-order valence-electron chi connectivity index (χ0n) is 16.3. The van der Waals surface area contributed by atoms with E-state index in [1.54, 1.807) is 18.5 Å². The van der Waals surface area contributed by atoms with Gasteiger partial charge in [0.15, 0.2) is 0 Å². The summed E-state index contributed by atoms with van der Waals surface area (Å²) in [4.78, 5) is 25.6. The number of hydrogen-bond acceptors (Lipinski definition) is 6. The summed E-state index contributed by atoms with van der Waals surface area (Å²) in [5.41, 5.74) is 1.32. The topological polar surface area (TPSA) is 91.8 Å². The van der Waals surface area contributed by atoms with Crippen molar-refractivity contribution >= 4 is 29.1 Å². The smallest absolute Gasteiger partial charge is 0.229 e. The lowest BCUT2D eigenvalue weighted by Crippen LogP contribution is -2.37. The van der Waals surface area contributed by atoms with Crippen LogP contribution in [0.15, 0.2) is 24.7 Å². The van der Waals surface area contributed by atoms with Crippen molar-refractivity contribution in [3.63, 3.8) is 0 Å².